The Morgan fingerprint density at radius 3 is 2.40 bits per heavy atom. The summed E-state index contributed by atoms with van der Waals surface area (Å²) in [6.07, 6.45) is 0. The number of hydrogen-bond acceptors (Lipinski definition) is 4. The second-order valence-electron chi connectivity index (χ2n) is 2.71. The van der Waals surface area contributed by atoms with E-state index >= 15 is 0 Å². The van der Waals surface area contributed by atoms with Crippen LogP contribution in [0.3, 0.4) is 0 Å². The molecule has 0 aliphatic carbocycles. The Kier molecular flexibility index (Phi) is 3.28. The molecule has 0 spiro atoms. The van der Waals surface area contributed by atoms with E-state index in [2.05, 4.69) is 4.74 Å². The number of carbonyl (C=O) groups is 2. The van der Waals surface area contributed by atoms with Gasteiger partial charge in [0, 0.05) is 0 Å². The van der Waals surface area contributed by atoms with Crippen molar-refractivity contribution < 1.29 is 24.2 Å². The van der Waals surface area contributed by atoms with Crippen LogP contribution in [0.15, 0.2) is 18.2 Å². The lowest BCUT2D eigenvalue weighted by Gasteiger charge is -2.07. The van der Waals surface area contributed by atoms with Crippen LogP contribution in [0.25, 0.3) is 0 Å². The zero-order chi connectivity index (χ0) is 11.4. The van der Waals surface area contributed by atoms with Crippen LogP contribution in [0.2, 0.25) is 0 Å². The minimum absolute atomic E-state index is 0.0551. The van der Waals surface area contributed by atoms with Crippen LogP contribution in [0, 0.1) is 0 Å². The van der Waals surface area contributed by atoms with Crippen LogP contribution < -0.4 is 4.74 Å². The summed E-state index contributed by atoms with van der Waals surface area (Å²) in [4.78, 5) is 21.9. The van der Waals surface area contributed by atoms with Crippen molar-refractivity contribution in [2.24, 2.45) is 0 Å². The molecule has 0 aromatic heterocycles. The summed E-state index contributed by atoms with van der Waals surface area (Å²) < 4.78 is 9.41. The van der Waals surface area contributed by atoms with Crippen LogP contribution in [-0.2, 0) is 4.74 Å². The average Bonchev–Trinajstić information content (AvgIpc) is 2.27. The average molecular weight is 210 g/mol. The first kappa shape index (κ1) is 11.0. The lowest BCUT2D eigenvalue weighted by molar-refractivity contribution is 0.0594. The van der Waals surface area contributed by atoms with E-state index < -0.39 is 11.9 Å². The number of ether oxygens (including phenoxy) is 2. The van der Waals surface area contributed by atoms with Crippen LogP contribution in [0.4, 0.5) is 0 Å². The number of benzene rings is 1. The van der Waals surface area contributed by atoms with Crippen molar-refractivity contribution >= 4 is 11.9 Å². The maximum atomic E-state index is 11.2. The van der Waals surface area contributed by atoms with Crippen molar-refractivity contribution in [3.63, 3.8) is 0 Å². The Morgan fingerprint density at radius 2 is 1.93 bits per heavy atom. The van der Waals surface area contributed by atoms with E-state index in [4.69, 9.17) is 9.84 Å². The Bertz CT molecular complexity index is 397. The second-order valence-corrected chi connectivity index (χ2v) is 2.71. The largest absolute Gasteiger partial charge is 0.496 e. The molecule has 0 aliphatic rings. The molecule has 5 nitrogen and oxygen atoms in total. The van der Waals surface area contributed by atoms with E-state index in [1.807, 2.05) is 0 Å². The molecule has 0 saturated heterocycles. The fourth-order valence-corrected chi connectivity index (χ4v) is 1.10. The molecule has 80 valence electrons. The van der Waals surface area contributed by atoms with Gasteiger partial charge in [0.2, 0.25) is 0 Å². The van der Waals surface area contributed by atoms with Gasteiger partial charge in [-0.15, -0.1) is 0 Å². The predicted octanol–water partition coefficient (Wildman–Crippen LogP) is 1.18. The topological polar surface area (TPSA) is 72.8 Å². The normalized spacial score (nSPS) is 9.47. The molecule has 5 heteroatoms. The van der Waals surface area contributed by atoms with Gasteiger partial charge in [-0.3, -0.25) is 0 Å². The third kappa shape index (κ3) is 2.25. The van der Waals surface area contributed by atoms with Crippen LogP contribution in [0.1, 0.15) is 20.7 Å². The number of aromatic carboxylic acids is 1. The minimum Gasteiger partial charge on any atom is -0.496 e. The van der Waals surface area contributed by atoms with Crippen molar-refractivity contribution in [2.45, 2.75) is 0 Å². The molecule has 0 fully saturated rings. The van der Waals surface area contributed by atoms with Crippen molar-refractivity contribution in [1.29, 1.82) is 0 Å². The molecule has 0 aliphatic heterocycles. The molecule has 0 bridgehead atoms. The number of carboxylic acid groups (broad SMARTS) is 1. The number of rotatable bonds is 3. The number of carboxylic acids is 1. The number of methoxy groups -OCH3 is 2. The summed E-state index contributed by atoms with van der Waals surface area (Å²) in [5, 5.41) is 8.72. The summed E-state index contributed by atoms with van der Waals surface area (Å²) in [7, 11) is 2.60. The fourth-order valence-electron chi connectivity index (χ4n) is 1.10. The first-order chi connectivity index (χ1) is 7.10. The van der Waals surface area contributed by atoms with Gasteiger partial charge in [0.25, 0.3) is 0 Å². The Labute approximate surface area is 86.2 Å². The summed E-state index contributed by atoms with van der Waals surface area (Å²) in [6.45, 7) is 0. The van der Waals surface area contributed by atoms with E-state index in [1.165, 1.54) is 32.4 Å². The predicted molar refractivity (Wildman–Crippen MR) is 51.3 cm³/mol. The summed E-state index contributed by atoms with van der Waals surface area (Å²) in [5.41, 5.74) is 0.254. The van der Waals surface area contributed by atoms with Gasteiger partial charge in [0.15, 0.2) is 0 Å². The maximum Gasteiger partial charge on any atom is 0.341 e. The molecule has 0 radical (unpaired) electrons. The monoisotopic (exact) mass is 210 g/mol. The molecule has 0 amide bonds. The number of esters is 1. The molecule has 0 saturated carbocycles. The third-order valence-electron chi connectivity index (χ3n) is 1.85. The lowest BCUT2D eigenvalue weighted by Crippen LogP contribution is -2.06. The smallest absolute Gasteiger partial charge is 0.341 e. The SMILES string of the molecule is COC(=O)c1ccc(C(=O)O)cc1OC. The first-order valence-corrected chi connectivity index (χ1v) is 4.09. The van der Waals surface area contributed by atoms with Gasteiger partial charge in [0.05, 0.1) is 19.8 Å². The lowest BCUT2D eigenvalue weighted by atomic mass is 10.1. The van der Waals surface area contributed by atoms with E-state index in [9.17, 15) is 9.59 Å². The number of carbonyl (C=O) groups excluding carboxylic acids is 1. The van der Waals surface area contributed by atoms with Gasteiger partial charge in [-0.1, -0.05) is 0 Å². The Morgan fingerprint density at radius 1 is 1.27 bits per heavy atom. The number of hydrogen-bond donors (Lipinski definition) is 1. The van der Waals surface area contributed by atoms with Crippen molar-refractivity contribution in [3.05, 3.63) is 29.3 Å². The highest BCUT2D eigenvalue weighted by Gasteiger charge is 2.14. The summed E-state index contributed by atoms with van der Waals surface area (Å²) >= 11 is 0. The molecule has 0 unspecified atom stereocenters. The Balaban J connectivity index is 3.20. The van der Waals surface area contributed by atoms with Gasteiger partial charge < -0.3 is 14.6 Å². The molecule has 15 heavy (non-hydrogen) atoms. The van der Waals surface area contributed by atoms with Crippen LogP contribution in [-0.4, -0.2) is 31.3 Å². The Hall–Kier alpha value is -2.04. The molecule has 0 atom stereocenters. The van der Waals surface area contributed by atoms with Gasteiger partial charge in [0.1, 0.15) is 11.3 Å². The maximum absolute atomic E-state index is 11.2. The van der Waals surface area contributed by atoms with E-state index in [0.29, 0.717) is 0 Å². The molecule has 1 aromatic carbocycles. The van der Waals surface area contributed by atoms with Gasteiger partial charge >= 0.3 is 11.9 Å². The van der Waals surface area contributed by atoms with Gasteiger partial charge in [-0.2, -0.15) is 0 Å². The standard InChI is InChI=1S/C10H10O5/c1-14-8-5-6(9(11)12)3-4-7(8)10(13)15-2/h3-5H,1-2H3,(H,11,12). The second kappa shape index (κ2) is 4.45. The molecular formula is C10H10O5. The molecule has 1 N–H and O–H groups in total. The van der Waals surface area contributed by atoms with Crippen molar-refractivity contribution in [2.75, 3.05) is 14.2 Å². The van der Waals surface area contributed by atoms with Crippen molar-refractivity contribution in [1.82, 2.24) is 0 Å². The zero-order valence-corrected chi connectivity index (χ0v) is 8.31. The summed E-state index contributed by atoms with van der Waals surface area (Å²) in [6, 6.07) is 3.94. The highest BCUT2D eigenvalue weighted by Crippen LogP contribution is 2.20. The van der Waals surface area contributed by atoms with Gasteiger partial charge in [-0.05, 0) is 18.2 Å². The minimum atomic E-state index is -1.08. The van der Waals surface area contributed by atoms with E-state index in [1.54, 1.807) is 0 Å². The first-order valence-electron chi connectivity index (χ1n) is 4.09. The third-order valence-corrected chi connectivity index (χ3v) is 1.85. The van der Waals surface area contributed by atoms with Gasteiger partial charge in [-0.25, -0.2) is 9.59 Å². The highest BCUT2D eigenvalue weighted by atomic mass is 16.5. The van der Waals surface area contributed by atoms with Crippen molar-refractivity contribution in [3.8, 4) is 5.75 Å². The molecule has 1 aromatic rings. The fraction of sp³-hybridized carbons (Fsp3) is 0.200. The highest BCUT2D eigenvalue weighted by molar-refractivity contribution is 5.95. The molecule has 1 rings (SSSR count). The van der Waals surface area contributed by atoms with Crippen LogP contribution in [0.5, 0.6) is 5.75 Å². The van der Waals surface area contributed by atoms with E-state index in [-0.39, 0.29) is 16.9 Å². The quantitative estimate of drug-likeness (QED) is 0.758. The molecule has 0 heterocycles. The van der Waals surface area contributed by atoms with E-state index in [0.717, 1.165) is 0 Å². The zero-order valence-electron chi connectivity index (χ0n) is 8.31. The summed E-state index contributed by atoms with van der Waals surface area (Å²) in [5.74, 6) is -1.46. The van der Waals surface area contributed by atoms with Crippen LogP contribution >= 0.6 is 0 Å². The molecular weight excluding hydrogens is 200 g/mol.